The number of benzene rings is 1. The summed E-state index contributed by atoms with van der Waals surface area (Å²) >= 11 is 1.71. The van der Waals surface area contributed by atoms with E-state index in [1.54, 1.807) is 22.6 Å². The number of alkyl carbamates (subject to hydrolysis) is 1. The average molecular weight is 345 g/mol. The van der Waals surface area contributed by atoms with Gasteiger partial charge >= 0.3 is 6.09 Å². The fourth-order valence-corrected chi connectivity index (χ4v) is 2.12. The average Bonchev–Trinajstić information content (AvgIpc) is 3.09. The van der Waals surface area contributed by atoms with Crippen molar-refractivity contribution in [2.24, 2.45) is 0 Å². The number of hydrogen-bond donors (Lipinski definition) is 1. The van der Waals surface area contributed by atoms with Crippen molar-refractivity contribution in [1.29, 1.82) is 0 Å². The number of carbonyl (C=O) groups is 2. The van der Waals surface area contributed by atoms with E-state index in [0.29, 0.717) is 12.8 Å². The van der Waals surface area contributed by atoms with Crippen LogP contribution >= 0.6 is 22.6 Å². The van der Waals surface area contributed by atoms with Gasteiger partial charge in [0.05, 0.1) is 0 Å². The van der Waals surface area contributed by atoms with Gasteiger partial charge in [-0.1, -0.05) is 30.3 Å². The molecule has 0 radical (unpaired) electrons. The van der Waals surface area contributed by atoms with Gasteiger partial charge < -0.3 is 10.1 Å². The Kier molecular flexibility index (Phi) is 3.66. The second-order valence-electron chi connectivity index (χ2n) is 4.04. The number of amides is 1. The van der Waals surface area contributed by atoms with Gasteiger partial charge in [0.25, 0.3) is 0 Å². The summed E-state index contributed by atoms with van der Waals surface area (Å²) in [5.74, 6) is 0. The summed E-state index contributed by atoms with van der Waals surface area (Å²) in [4.78, 5) is 22.7. The Balaban J connectivity index is 1.81. The molecule has 1 saturated carbocycles. The maximum atomic E-state index is 11.5. The summed E-state index contributed by atoms with van der Waals surface area (Å²) in [7, 11) is 0. The smallest absolute Gasteiger partial charge is 0.408 e. The number of hydrogen-bond acceptors (Lipinski definition) is 3. The van der Waals surface area contributed by atoms with Crippen molar-refractivity contribution in [1.82, 2.24) is 5.32 Å². The highest BCUT2D eigenvalue weighted by molar-refractivity contribution is 14.1. The molecule has 1 N–H and O–H groups in total. The first-order valence-electron chi connectivity index (χ1n) is 5.31. The van der Waals surface area contributed by atoms with Crippen molar-refractivity contribution in [3.8, 4) is 0 Å². The molecule has 0 aliphatic heterocycles. The molecule has 0 unspecified atom stereocenters. The van der Waals surface area contributed by atoms with E-state index in [-0.39, 0.29) is 10.4 Å². The summed E-state index contributed by atoms with van der Waals surface area (Å²) in [6, 6.07) is 9.42. The molecule has 0 spiro atoms. The van der Waals surface area contributed by atoms with E-state index in [2.05, 4.69) is 5.32 Å². The molecular formula is C12H12INO3. The number of rotatable bonds is 4. The molecular weight excluding hydrogens is 333 g/mol. The zero-order chi connectivity index (χ0) is 12.3. The van der Waals surface area contributed by atoms with Crippen LogP contribution in [-0.4, -0.2) is 15.4 Å². The van der Waals surface area contributed by atoms with E-state index in [1.165, 1.54) is 0 Å². The third-order valence-electron chi connectivity index (χ3n) is 2.68. The van der Waals surface area contributed by atoms with Crippen molar-refractivity contribution in [3.05, 3.63) is 35.9 Å². The molecule has 1 amide bonds. The monoisotopic (exact) mass is 345 g/mol. The predicted molar refractivity (Wildman–Crippen MR) is 70.8 cm³/mol. The van der Waals surface area contributed by atoms with Gasteiger partial charge in [-0.15, -0.1) is 0 Å². The van der Waals surface area contributed by atoms with Crippen LogP contribution in [0.3, 0.4) is 0 Å². The number of halogens is 1. The number of carbonyl (C=O) groups excluding carboxylic acids is 2. The predicted octanol–water partition coefficient (Wildman–Crippen LogP) is 2.41. The van der Waals surface area contributed by atoms with Gasteiger partial charge in [-0.05, 0) is 18.4 Å². The maximum Gasteiger partial charge on any atom is 0.408 e. The molecule has 1 aromatic carbocycles. The Bertz CT molecular complexity index is 429. The lowest BCUT2D eigenvalue weighted by Gasteiger charge is -2.12. The van der Waals surface area contributed by atoms with Crippen molar-refractivity contribution in [2.75, 3.05) is 0 Å². The Morgan fingerprint density at radius 1 is 1.29 bits per heavy atom. The van der Waals surface area contributed by atoms with Crippen LogP contribution in [0.25, 0.3) is 0 Å². The Hall–Kier alpha value is -1.11. The van der Waals surface area contributed by atoms with Crippen molar-refractivity contribution < 1.29 is 14.3 Å². The minimum Gasteiger partial charge on any atom is -0.445 e. The van der Waals surface area contributed by atoms with Crippen LogP contribution in [0, 0.1) is 0 Å². The summed E-state index contributed by atoms with van der Waals surface area (Å²) in [6.45, 7) is 0.220. The third kappa shape index (κ3) is 3.18. The van der Waals surface area contributed by atoms with Gasteiger partial charge in [0.2, 0.25) is 3.79 Å². The first-order chi connectivity index (χ1) is 8.12. The molecule has 0 bridgehead atoms. The molecule has 1 aliphatic rings. The van der Waals surface area contributed by atoms with Crippen LogP contribution in [0.4, 0.5) is 4.79 Å². The topological polar surface area (TPSA) is 55.4 Å². The molecule has 0 aromatic heterocycles. The van der Waals surface area contributed by atoms with E-state index in [4.69, 9.17) is 4.74 Å². The van der Waals surface area contributed by atoms with Crippen LogP contribution in [0.15, 0.2) is 30.3 Å². The molecule has 0 saturated heterocycles. The van der Waals surface area contributed by atoms with Gasteiger partial charge in [0.15, 0.2) is 0 Å². The highest BCUT2D eigenvalue weighted by atomic mass is 127. The highest BCUT2D eigenvalue weighted by Crippen LogP contribution is 2.38. The lowest BCUT2D eigenvalue weighted by atomic mass is 10.2. The van der Waals surface area contributed by atoms with Crippen molar-refractivity contribution >= 4 is 32.5 Å². The van der Waals surface area contributed by atoms with E-state index in [0.717, 1.165) is 5.56 Å². The Morgan fingerprint density at radius 3 is 2.47 bits per heavy atom. The molecule has 1 aromatic rings. The minimum absolute atomic E-state index is 0.0354. The molecule has 17 heavy (non-hydrogen) atoms. The summed E-state index contributed by atoms with van der Waals surface area (Å²) in [5.41, 5.74) is 0.266. The van der Waals surface area contributed by atoms with Crippen LogP contribution in [-0.2, 0) is 16.1 Å². The lowest BCUT2D eigenvalue weighted by molar-refractivity contribution is -0.112. The zero-order valence-electron chi connectivity index (χ0n) is 9.11. The van der Waals surface area contributed by atoms with Gasteiger partial charge in [-0.3, -0.25) is 4.79 Å². The van der Waals surface area contributed by atoms with Gasteiger partial charge in [-0.25, -0.2) is 4.79 Å². The fraction of sp³-hybridized carbons (Fsp3) is 0.333. The molecule has 4 nitrogen and oxygen atoms in total. The molecule has 1 aliphatic carbocycles. The second-order valence-corrected chi connectivity index (χ2v) is 5.02. The zero-order valence-corrected chi connectivity index (χ0v) is 11.3. The van der Waals surface area contributed by atoms with Crippen LogP contribution < -0.4 is 5.32 Å². The van der Waals surface area contributed by atoms with Crippen LogP contribution in [0.2, 0.25) is 0 Å². The normalized spacial score (nSPS) is 16.1. The van der Waals surface area contributed by atoms with E-state index in [1.807, 2.05) is 30.3 Å². The number of nitrogens with one attached hydrogen (secondary N) is 1. The minimum atomic E-state index is -0.658. The summed E-state index contributed by atoms with van der Waals surface area (Å²) in [6.07, 6.45) is 0.876. The van der Waals surface area contributed by atoms with Gasteiger partial charge in [0.1, 0.15) is 12.1 Å². The molecule has 0 heterocycles. The Morgan fingerprint density at radius 2 is 1.94 bits per heavy atom. The molecule has 0 atom stereocenters. The molecule has 2 rings (SSSR count). The fourth-order valence-electron chi connectivity index (χ4n) is 1.45. The largest absolute Gasteiger partial charge is 0.445 e. The Labute approximate surface area is 113 Å². The molecule has 90 valence electrons. The highest BCUT2D eigenvalue weighted by Gasteiger charge is 2.50. The van der Waals surface area contributed by atoms with Crippen molar-refractivity contribution in [3.63, 3.8) is 0 Å². The standard InChI is InChI=1S/C12H12INO3/c13-10(15)12(6-7-12)14-11(16)17-8-9-4-2-1-3-5-9/h1-5H,6-8H2,(H,14,16). The van der Waals surface area contributed by atoms with Gasteiger partial charge in [0, 0.05) is 22.6 Å². The van der Waals surface area contributed by atoms with Gasteiger partial charge in [-0.2, -0.15) is 0 Å². The third-order valence-corrected chi connectivity index (χ3v) is 3.71. The first kappa shape index (κ1) is 12.3. The maximum absolute atomic E-state index is 11.5. The van der Waals surface area contributed by atoms with E-state index < -0.39 is 11.6 Å². The second kappa shape index (κ2) is 5.03. The summed E-state index contributed by atoms with van der Waals surface area (Å²) in [5, 5.41) is 2.62. The summed E-state index contributed by atoms with van der Waals surface area (Å²) < 4.78 is 5.01. The number of ether oxygens (including phenoxy) is 1. The first-order valence-corrected chi connectivity index (χ1v) is 6.39. The van der Waals surface area contributed by atoms with Crippen LogP contribution in [0.5, 0.6) is 0 Å². The quantitative estimate of drug-likeness (QED) is 0.674. The van der Waals surface area contributed by atoms with Crippen molar-refractivity contribution in [2.45, 2.75) is 25.0 Å². The molecule has 1 fully saturated rings. The van der Waals surface area contributed by atoms with E-state index in [9.17, 15) is 9.59 Å². The molecule has 5 heteroatoms. The van der Waals surface area contributed by atoms with Crippen LogP contribution in [0.1, 0.15) is 18.4 Å². The SMILES string of the molecule is O=C(NC1(C(=O)I)CC1)OCc1ccccc1. The lowest BCUT2D eigenvalue weighted by Crippen LogP contribution is -2.41. The van der Waals surface area contributed by atoms with E-state index >= 15 is 0 Å².